The Bertz CT molecular complexity index is 725. The zero-order valence-corrected chi connectivity index (χ0v) is 12.2. The van der Waals surface area contributed by atoms with Crippen molar-refractivity contribution < 1.29 is 5.11 Å². The molecule has 1 aliphatic carbocycles. The predicted molar refractivity (Wildman–Crippen MR) is 85.9 cm³/mol. The maximum atomic E-state index is 9.76. The van der Waals surface area contributed by atoms with E-state index in [2.05, 4.69) is 23.5 Å². The highest BCUT2D eigenvalue weighted by Gasteiger charge is 2.38. The third-order valence-corrected chi connectivity index (χ3v) is 4.93. The normalized spacial score (nSPS) is 26.0. The van der Waals surface area contributed by atoms with Crippen LogP contribution in [0.2, 0.25) is 5.02 Å². The van der Waals surface area contributed by atoms with Gasteiger partial charge in [0.05, 0.1) is 6.04 Å². The zero-order valence-electron chi connectivity index (χ0n) is 11.5. The van der Waals surface area contributed by atoms with Crippen LogP contribution in [0.25, 0.3) is 0 Å². The van der Waals surface area contributed by atoms with Gasteiger partial charge in [-0.15, -0.1) is 0 Å². The highest BCUT2D eigenvalue weighted by Crippen LogP contribution is 2.51. The number of fused-ring (bicyclic) bond motifs is 3. The molecule has 4 rings (SSSR count). The van der Waals surface area contributed by atoms with Crippen LogP contribution in [0.15, 0.2) is 54.6 Å². The Balaban J connectivity index is 1.82. The Kier molecular flexibility index (Phi) is 2.93. The molecule has 0 spiro atoms. The third kappa shape index (κ3) is 2.02. The predicted octanol–water partition coefficient (Wildman–Crippen LogP) is 4.87. The third-order valence-electron chi connectivity index (χ3n) is 4.59. The minimum absolute atomic E-state index is 0.204. The molecular formula is C18H16ClNO. The summed E-state index contributed by atoms with van der Waals surface area (Å²) >= 11 is 6.40. The summed E-state index contributed by atoms with van der Waals surface area (Å²) in [5.74, 6) is 1.11. The van der Waals surface area contributed by atoms with E-state index in [4.69, 9.17) is 11.6 Å². The van der Waals surface area contributed by atoms with Crippen molar-refractivity contribution in [3.8, 4) is 5.75 Å². The van der Waals surface area contributed by atoms with Crippen LogP contribution in [0.3, 0.4) is 0 Å². The fourth-order valence-electron chi connectivity index (χ4n) is 3.62. The van der Waals surface area contributed by atoms with Crippen LogP contribution in [0, 0.1) is 5.92 Å². The number of benzene rings is 2. The number of hydrogen-bond donors (Lipinski definition) is 2. The topological polar surface area (TPSA) is 32.3 Å². The highest BCUT2D eigenvalue weighted by molar-refractivity contribution is 6.31. The van der Waals surface area contributed by atoms with E-state index < -0.39 is 0 Å². The quantitative estimate of drug-likeness (QED) is 0.581. The van der Waals surface area contributed by atoms with Crippen LogP contribution in [0.5, 0.6) is 5.75 Å². The lowest BCUT2D eigenvalue weighted by molar-refractivity contribution is 0.421. The van der Waals surface area contributed by atoms with Crippen molar-refractivity contribution in [2.45, 2.75) is 18.4 Å². The van der Waals surface area contributed by atoms with E-state index in [1.54, 1.807) is 6.07 Å². The van der Waals surface area contributed by atoms with Crippen LogP contribution in [-0.4, -0.2) is 5.11 Å². The fraction of sp³-hybridized carbons (Fsp3) is 0.222. The van der Waals surface area contributed by atoms with Gasteiger partial charge in [-0.1, -0.05) is 42.0 Å². The Morgan fingerprint density at radius 1 is 1.10 bits per heavy atom. The van der Waals surface area contributed by atoms with Crippen LogP contribution in [-0.2, 0) is 0 Å². The second-order valence-corrected chi connectivity index (χ2v) is 6.18. The number of phenols is 1. The van der Waals surface area contributed by atoms with Crippen molar-refractivity contribution in [2.75, 3.05) is 5.32 Å². The van der Waals surface area contributed by atoms with Crippen molar-refractivity contribution in [1.29, 1.82) is 0 Å². The summed E-state index contributed by atoms with van der Waals surface area (Å²) in [5.41, 5.74) is 3.42. The first-order valence-electron chi connectivity index (χ1n) is 7.24. The first-order valence-corrected chi connectivity index (χ1v) is 7.62. The summed E-state index contributed by atoms with van der Waals surface area (Å²) < 4.78 is 0. The molecular weight excluding hydrogens is 282 g/mol. The van der Waals surface area contributed by atoms with E-state index in [0.717, 1.165) is 22.7 Å². The Morgan fingerprint density at radius 3 is 2.81 bits per heavy atom. The van der Waals surface area contributed by atoms with E-state index in [-0.39, 0.29) is 6.04 Å². The summed E-state index contributed by atoms with van der Waals surface area (Å²) in [7, 11) is 0. The summed E-state index contributed by atoms with van der Waals surface area (Å²) in [5, 5.41) is 14.2. The van der Waals surface area contributed by atoms with Gasteiger partial charge < -0.3 is 10.4 Å². The zero-order chi connectivity index (χ0) is 14.4. The SMILES string of the molecule is Oc1ccc2c(c1)C1C=CCC1C(c1ccccc1Cl)N2. The van der Waals surface area contributed by atoms with E-state index in [9.17, 15) is 5.11 Å². The van der Waals surface area contributed by atoms with Crippen molar-refractivity contribution in [3.63, 3.8) is 0 Å². The monoisotopic (exact) mass is 297 g/mol. The van der Waals surface area contributed by atoms with E-state index in [1.807, 2.05) is 30.3 Å². The van der Waals surface area contributed by atoms with Crippen molar-refractivity contribution in [2.24, 2.45) is 5.92 Å². The molecule has 1 aliphatic heterocycles. The molecule has 3 atom stereocenters. The van der Waals surface area contributed by atoms with E-state index >= 15 is 0 Å². The molecule has 106 valence electrons. The Labute approximate surface area is 129 Å². The average molecular weight is 298 g/mol. The van der Waals surface area contributed by atoms with Gasteiger partial charge in [0, 0.05) is 16.6 Å². The molecule has 0 aromatic heterocycles. The first-order chi connectivity index (χ1) is 10.2. The summed E-state index contributed by atoms with van der Waals surface area (Å²) in [6.45, 7) is 0. The van der Waals surface area contributed by atoms with Gasteiger partial charge in [0.15, 0.2) is 0 Å². The summed E-state index contributed by atoms with van der Waals surface area (Å²) in [6.07, 6.45) is 5.52. The number of halogens is 1. The number of rotatable bonds is 1. The fourth-order valence-corrected chi connectivity index (χ4v) is 3.87. The second kappa shape index (κ2) is 4.81. The molecule has 2 N–H and O–H groups in total. The van der Waals surface area contributed by atoms with Gasteiger partial charge in [-0.3, -0.25) is 0 Å². The molecule has 0 radical (unpaired) electrons. The van der Waals surface area contributed by atoms with Crippen LogP contribution < -0.4 is 5.32 Å². The molecule has 0 fully saturated rings. The van der Waals surface area contributed by atoms with Crippen LogP contribution >= 0.6 is 11.6 Å². The standard InChI is InChI=1S/C18H16ClNO/c19-16-7-2-1-4-14(16)18-13-6-3-5-12(13)15-10-11(21)8-9-17(15)20-18/h1-5,7-10,12-13,18,20-21H,6H2. The second-order valence-electron chi connectivity index (χ2n) is 5.77. The smallest absolute Gasteiger partial charge is 0.116 e. The van der Waals surface area contributed by atoms with Crippen LogP contribution in [0.4, 0.5) is 5.69 Å². The number of hydrogen-bond acceptors (Lipinski definition) is 2. The number of allylic oxidation sites excluding steroid dienone is 2. The van der Waals surface area contributed by atoms with Gasteiger partial charge >= 0.3 is 0 Å². The van der Waals surface area contributed by atoms with Gasteiger partial charge in [-0.2, -0.15) is 0 Å². The molecule has 0 saturated carbocycles. The highest BCUT2D eigenvalue weighted by atomic mass is 35.5. The van der Waals surface area contributed by atoms with Crippen molar-refractivity contribution in [1.82, 2.24) is 0 Å². The van der Waals surface area contributed by atoms with E-state index in [1.165, 1.54) is 5.56 Å². The molecule has 3 unspecified atom stereocenters. The number of anilines is 1. The first kappa shape index (κ1) is 12.8. The number of aromatic hydroxyl groups is 1. The van der Waals surface area contributed by atoms with Crippen molar-refractivity contribution >= 4 is 17.3 Å². The summed E-state index contributed by atoms with van der Waals surface area (Å²) in [4.78, 5) is 0. The molecule has 21 heavy (non-hydrogen) atoms. The maximum absolute atomic E-state index is 9.76. The van der Waals surface area contributed by atoms with Gasteiger partial charge in [-0.05, 0) is 47.7 Å². The van der Waals surface area contributed by atoms with Gasteiger partial charge in [0.2, 0.25) is 0 Å². The van der Waals surface area contributed by atoms with Gasteiger partial charge in [-0.25, -0.2) is 0 Å². The Morgan fingerprint density at radius 2 is 1.95 bits per heavy atom. The molecule has 2 aromatic rings. The molecule has 1 heterocycles. The average Bonchev–Trinajstić information content (AvgIpc) is 2.97. The molecule has 0 bridgehead atoms. The van der Waals surface area contributed by atoms with Crippen LogP contribution in [0.1, 0.15) is 29.5 Å². The summed E-state index contributed by atoms with van der Waals surface area (Å²) in [6, 6.07) is 13.8. The molecule has 2 nitrogen and oxygen atoms in total. The lowest BCUT2D eigenvalue weighted by Gasteiger charge is -2.37. The number of phenolic OH excluding ortho intramolecular Hbond substituents is 1. The largest absolute Gasteiger partial charge is 0.508 e. The maximum Gasteiger partial charge on any atom is 0.116 e. The van der Waals surface area contributed by atoms with Crippen molar-refractivity contribution in [3.05, 3.63) is 70.8 Å². The lowest BCUT2D eigenvalue weighted by Crippen LogP contribution is -2.29. The number of nitrogens with one attached hydrogen (secondary N) is 1. The van der Waals surface area contributed by atoms with Gasteiger partial charge in [0.1, 0.15) is 5.75 Å². The minimum Gasteiger partial charge on any atom is -0.508 e. The molecule has 2 aromatic carbocycles. The Hall–Kier alpha value is -1.93. The lowest BCUT2D eigenvalue weighted by atomic mass is 9.77. The molecule has 2 aliphatic rings. The molecule has 0 amide bonds. The molecule has 3 heteroatoms. The minimum atomic E-state index is 0.204. The van der Waals surface area contributed by atoms with Gasteiger partial charge in [0.25, 0.3) is 0 Å². The van der Waals surface area contributed by atoms with E-state index in [0.29, 0.717) is 17.6 Å². The molecule has 0 saturated heterocycles.